The Morgan fingerprint density at radius 2 is 2.04 bits per heavy atom. The van der Waals surface area contributed by atoms with Gasteiger partial charge in [-0.3, -0.25) is 9.36 Å². The summed E-state index contributed by atoms with van der Waals surface area (Å²) in [5, 5.41) is 2.88. The zero-order valence-electron chi connectivity index (χ0n) is 14.7. The number of imidazole rings is 1. The maximum Gasteiger partial charge on any atom is 0.244 e. The van der Waals surface area contributed by atoms with Gasteiger partial charge in [-0.05, 0) is 41.8 Å². The van der Waals surface area contributed by atoms with E-state index in [-0.39, 0.29) is 5.91 Å². The molecule has 0 bridgehead atoms. The largest absolute Gasteiger partial charge is 0.497 e. The van der Waals surface area contributed by atoms with Crippen LogP contribution in [0.15, 0.2) is 67.4 Å². The van der Waals surface area contributed by atoms with Gasteiger partial charge in [0.25, 0.3) is 0 Å². The lowest BCUT2D eigenvalue weighted by atomic mass is 10.1. The Hall–Kier alpha value is -3.41. The van der Waals surface area contributed by atoms with E-state index < -0.39 is 0 Å². The van der Waals surface area contributed by atoms with Crippen molar-refractivity contribution in [2.45, 2.75) is 13.5 Å². The highest BCUT2D eigenvalue weighted by Crippen LogP contribution is 2.18. The number of rotatable bonds is 6. The molecular formula is C20H20N4O2. The lowest BCUT2D eigenvalue weighted by Gasteiger charge is -2.06. The highest BCUT2D eigenvalue weighted by Gasteiger charge is 2.03. The first-order chi connectivity index (χ1) is 12.7. The maximum atomic E-state index is 12.1. The normalized spacial score (nSPS) is 11.2. The van der Waals surface area contributed by atoms with E-state index in [1.807, 2.05) is 54.1 Å². The molecule has 1 N–H and O–H groups in total. The van der Waals surface area contributed by atoms with Crippen LogP contribution in [0.1, 0.15) is 18.1 Å². The summed E-state index contributed by atoms with van der Waals surface area (Å²) < 4.78 is 6.96. The highest BCUT2D eigenvalue weighted by molar-refractivity contribution is 5.94. The van der Waals surface area contributed by atoms with Crippen LogP contribution in [0.2, 0.25) is 0 Å². The Kier molecular flexibility index (Phi) is 5.43. The molecule has 0 saturated heterocycles. The van der Waals surface area contributed by atoms with Crippen LogP contribution in [0.25, 0.3) is 11.4 Å². The summed E-state index contributed by atoms with van der Waals surface area (Å²) in [5.41, 5.74) is 2.80. The van der Waals surface area contributed by atoms with Gasteiger partial charge in [0.1, 0.15) is 17.9 Å². The van der Waals surface area contributed by atoms with Crippen LogP contribution < -0.4 is 10.1 Å². The number of aromatic nitrogens is 3. The molecular weight excluding hydrogens is 328 g/mol. The molecule has 2 aromatic heterocycles. The SMILES string of the molecule is COc1ccc(/C(C)=C/C(=O)NCc2ccc(-n3ccnc3)nc2)cc1. The zero-order chi connectivity index (χ0) is 18.4. The van der Waals surface area contributed by atoms with Gasteiger partial charge in [-0.1, -0.05) is 18.2 Å². The molecule has 26 heavy (non-hydrogen) atoms. The van der Waals surface area contributed by atoms with E-state index in [0.717, 1.165) is 28.3 Å². The summed E-state index contributed by atoms with van der Waals surface area (Å²) in [6.07, 6.45) is 8.56. The number of pyridine rings is 1. The van der Waals surface area contributed by atoms with Crippen molar-refractivity contribution in [3.05, 3.63) is 78.5 Å². The third-order valence-corrected chi connectivity index (χ3v) is 3.94. The monoisotopic (exact) mass is 348 g/mol. The van der Waals surface area contributed by atoms with Gasteiger partial charge in [-0.15, -0.1) is 0 Å². The lowest BCUT2D eigenvalue weighted by Crippen LogP contribution is -2.20. The molecule has 3 aromatic rings. The van der Waals surface area contributed by atoms with Crippen molar-refractivity contribution in [2.24, 2.45) is 0 Å². The number of carbonyl (C=O) groups is 1. The van der Waals surface area contributed by atoms with Crippen molar-refractivity contribution in [3.63, 3.8) is 0 Å². The van der Waals surface area contributed by atoms with E-state index in [1.54, 1.807) is 31.9 Å². The van der Waals surface area contributed by atoms with Crippen molar-refractivity contribution in [3.8, 4) is 11.6 Å². The van der Waals surface area contributed by atoms with Crippen molar-refractivity contribution >= 4 is 11.5 Å². The number of methoxy groups -OCH3 is 1. The Morgan fingerprint density at radius 1 is 1.23 bits per heavy atom. The standard InChI is InChI=1S/C20H20N4O2/c1-15(17-4-6-18(26-2)7-5-17)11-20(25)23-13-16-3-8-19(22-12-16)24-10-9-21-14-24/h3-12,14H,13H2,1-2H3,(H,23,25)/b15-11+. The Labute approximate surface area is 152 Å². The van der Waals surface area contributed by atoms with Crippen molar-refractivity contribution in [1.29, 1.82) is 0 Å². The molecule has 3 rings (SSSR count). The molecule has 0 aliphatic rings. The molecule has 0 spiro atoms. The minimum Gasteiger partial charge on any atom is -0.497 e. The predicted octanol–water partition coefficient (Wildman–Crippen LogP) is 3.00. The van der Waals surface area contributed by atoms with Crippen LogP contribution in [0.3, 0.4) is 0 Å². The van der Waals surface area contributed by atoms with E-state index in [0.29, 0.717) is 6.54 Å². The van der Waals surface area contributed by atoms with Crippen LogP contribution in [0.5, 0.6) is 5.75 Å². The van der Waals surface area contributed by atoms with Crippen LogP contribution in [-0.2, 0) is 11.3 Å². The Morgan fingerprint density at radius 3 is 2.65 bits per heavy atom. The predicted molar refractivity (Wildman–Crippen MR) is 99.9 cm³/mol. The topological polar surface area (TPSA) is 69.0 Å². The van der Waals surface area contributed by atoms with Crippen molar-refractivity contribution in [1.82, 2.24) is 19.9 Å². The first-order valence-electron chi connectivity index (χ1n) is 8.19. The molecule has 0 atom stereocenters. The first-order valence-corrected chi connectivity index (χ1v) is 8.19. The number of allylic oxidation sites excluding steroid dienone is 1. The number of hydrogen-bond acceptors (Lipinski definition) is 4. The Bertz CT molecular complexity index is 883. The zero-order valence-corrected chi connectivity index (χ0v) is 14.7. The maximum absolute atomic E-state index is 12.1. The van der Waals surface area contributed by atoms with Crippen LogP contribution >= 0.6 is 0 Å². The summed E-state index contributed by atoms with van der Waals surface area (Å²) >= 11 is 0. The second-order valence-corrected chi connectivity index (χ2v) is 5.77. The molecule has 6 heteroatoms. The number of hydrogen-bond donors (Lipinski definition) is 1. The number of ether oxygens (including phenoxy) is 1. The summed E-state index contributed by atoms with van der Waals surface area (Å²) in [4.78, 5) is 20.5. The lowest BCUT2D eigenvalue weighted by molar-refractivity contribution is -0.116. The van der Waals surface area contributed by atoms with Crippen LogP contribution in [0.4, 0.5) is 0 Å². The molecule has 1 amide bonds. The molecule has 0 saturated carbocycles. The van der Waals surface area contributed by atoms with Crippen molar-refractivity contribution < 1.29 is 9.53 Å². The summed E-state index contributed by atoms with van der Waals surface area (Å²) in [6.45, 7) is 2.32. The van der Waals surface area contributed by atoms with Gasteiger partial charge in [0, 0.05) is 31.2 Å². The second kappa shape index (κ2) is 8.11. The Balaban J connectivity index is 1.57. The number of nitrogens with one attached hydrogen (secondary N) is 1. The molecule has 0 unspecified atom stereocenters. The van der Waals surface area contributed by atoms with Crippen LogP contribution in [0, 0.1) is 0 Å². The van der Waals surface area contributed by atoms with Crippen LogP contribution in [-0.4, -0.2) is 27.6 Å². The third kappa shape index (κ3) is 4.36. The molecule has 6 nitrogen and oxygen atoms in total. The van der Waals surface area contributed by atoms with E-state index in [1.165, 1.54) is 0 Å². The average Bonchev–Trinajstić information content (AvgIpc) is 3.21. The number of nitrogens with zero attached hydrogens (tertiary/aromatic N) is 3. The van der Waals surface area contributed by atoms with E-state index >= 15 is 0 Å². The molecule has 0 radical (unpaired) electrons. The average molecular weight is 348 g/mol. The number of benzene rings is 1. The fourth-order valence-corrected chi connectivity index (χ4v) is 2.44. The first kappa shape index (κ1) is 17.4. The minimum atomic E-state index is -0.142. The fraction of sp³-hybridized carbons (Fsp3) is 0.150. The molecule has 1 aromatic carbocycles. The second-order valence-electron chi connectivity index (χ2n) is 5.77. The van der Waals surface area contributed by atoms with E-state index in [2.05, 4.69) is 15.3 Å². The highest BCUT2D eigenvalue weighted by atomic mass is 16.5. The van der Waals surface area contributed by atoms with Gasteiger partial charge in [-0.2, -0.15) is 0 Å². The quantitative estimate of drug-likeness (QED) is 0.695. The third-order valence-electron chi connectivity index (χ3n) is 3.94. The van der Waals surface area contributed by atoms with Gasteiger partial charge >= 0.3 is 0 Å². The molecule has 132 valence electrons. The molecule has 0 fully saturated rings. The number of carbonyl (C=O) groups excluding carboxylic acids is 1. The minimum absolute atomic E-state index is 0.142. The summed E-state index contributed by atoms with van der Waals surface area (Å²) in [6, 6.07) is 11.4. The smallest absolute Gasteiger partial charge is 0.244 e. The van der Waals surface area contributed by atoms with Gasteiger partial charge < -0.3 is 10.1 Å². The fourth-order valence-electron chi connectivity index (χ4n) is 2.44. The van der Waals surface area contributed by atoms with Gasteiger partial charge in [0.2, 0.25) is 5.91 Å². The molecule has 0 aliphatic carbocycles. The number of amides is 1. The van der Waals surface area contributed by atoms with Gasteiger partial charge in [0.05, 0.1) is 7.11 Å². The summed E-state index contributed by atoms with van der Waals surface area (Å²) in [5.74, 6) is 1.43. The van der Waals surface area contributed by atoms with E-state index in [4.69, 9.17) is 4.74 Å². The molecule has 0 aliphatic heterocycles. The molecule has 2 heterocycles. The van der Waals surface area contributed by atoms with Crippen molar-refractivity contribution in [2.75, 3.05) is 7.11 Å². The van der Waals surface area contributed by atoms with E-state index in [9.17, 15) is 4.79 Å². The summed E-state index contributed by atoms with van der Waals surface area (Å²) in [7, 11) is 1.63. The van der Waals surface area contributed by atoms with Gasteiger partial charge in [-0.25, -0.2) is 9.97 Å². The van der Waals surface area contributed by atoms with Gasteiger partial charge in [0.15, 0.2) is 0 Å².